The summed E-state index contributed by atoms with van der Waals surface area (Å²) in [4.78, 5) is 35.4. The first kappa shape index (κ1) is 20.7. The highest BCUT2D eigenvalue weighted by molar-refractivity contribution is 7.88. The average Bonchev–Trinajstić information content (AvgIpc) is 2.41. The predicted molar refractivity (Wildman–Crippen MR) is 77.7 cm³/mol. The molecule has 0 unspecified atom stereocenters. The Kier molecular flexibility index (Phi) is 6.00. The molecule has 1 heterocycles. The van der Waals surface area contributed by atoms with E-state index in [0.717, 1.165) is 17.6 Å². The van der Waals surface area contributed by atoms with Crippen molar-refractivity contribution in [1.29, 1.82) is 0 Å². The number of carbonyl (C=O) groups excluding carboxylic acids is 2. The lowest BCUT2D eigenvalue weighted by atomic mass is 10.1. The third-order valence-electron chi connectivity index (χ3n) is 2.90. The van der Waals surface area contributed by atoms with Crippen molar-refractivity contribution in [3.8, 4) is 5.75 Å². The lowest BCUT2D eigenvalue weighted by Crippen LogP contribution is -2.34. The molecule has 1 aromatic rings. The molecule has 0 aliphatic carbocycles. The standard InChI is InChI=1S/C13H14F3NO7S/c1-4-23-10(19)6-17-7(2)5-9(11(8(3)18)12(17)20)24-25(21,22)13(14,15)16/h5H,4,6H2,1-3H3. The number of nitrogens with zero attached hydrogens (tertiary/aromatic N) is 1. The molecular formula is C13H14F3NO7S. The highest BCUT2D eigenvalue weighted by atomic mass is 32.2. The number of ether oxygens (including phenoxy) is 1. The number of esters is 1. The Bertz CT molecular complexity index is 856. The van der Waals surface area contributed by atoms with Gasteiger partial charge in [-0.25, -0.2) is 0 Å². The van der Waals surface area contributed by atoms with Crippen LogP contribution in [0.1, 0.15) is 29.9 Å². The number of aromatic nitrogens is 1. The third kappa shape index (κ3) is 4.59. The molecule has 0 saturated heterocycles. The number of carbonyl (C=O) groups is 2. The van der Waals surface area contributed by atoms with Gasteiger partial charge < -0.3 is 13.5 Å². The summed E-state index contributed by atoms with van der Waals surface area (Å²) >= 11 is 0. The van der Waals surface area contributed by atoms with Gasteiger partial charge in [0.15, 0.2) is 11.5 Å². The Morgan fingerprint density at radius 2 is 1.84 bits per heavy atom. The van der Waals surface area contributed by atoms with Crippen LogP contribution in [0.3, 0.4) is 0 Å². The normalized spacial score (nSPS) is 11.9. The smallest absolute Gasteiger partial charge is 0.465 e. The summed E-state index contributed by atoms with van der Waals surface area (Å²) in [5.74, 6) is -2.92. The molecule has 8 nitrogen and oxygen atoms in total. The molecule has 12 heteroatoms. The molecule has 0 amide bonds. The predicted octanol–water partition coefficient (Wildman–Crippen LogP) is 1.15. The highest BCUT2D eigenvalue weighted by Gasteiger charge is 2.49. The quantitative estimate of drug-likeness (QED) is 0.313. The van der Waals surface area contributed by atoms with E-state index in [1.54, 1.807) is 0 Å². The average molecular weight is 385 g/mol. The second-order valence-electron chi connectivity index (χ2n) is 4.76. The van der Waals surface area contributed by atoms with Crippen LogP contribution in [0.15, 0.2) is 10.9 Å². The molecule has 0 atom stereocenters. The summed E-state index contributed by atoms with van der Waals surface area (Å²) in [6.07, 6.45) is 0. The van der Waals surface area contributed by atoms with Gasteiger partial charge in [0, 0.05) is 11.8 Å². The van der Waals surface area contributed by atoms with Gasteiger partial charge in [-0.05, 0) is 20.8 Å². The van der Waals surface area contributed by atoms with Crippen LogP contribution >= 0.6 is 0 Å². The van der Waals surface area contributed by atoms with Crippen LogP contribution in [0.2, 0.25) is 0 Å². The van der Waals surface area contributed by atoms with Gasteiger partial charge in [0.1, 0.15) is 12.1 Å². The summed E-state index contributed by atoms with van der Waals surface area (Å²) in [7, 11) is -6.08. The third-order valence-corrected chi connectivity index (χ3v) is 3.86. The van der Waals surface area contributed by atoms with E-state index in [9.17, 15) is 36.0 Å². The van der Waals surface area contributed by atoms with Crippen LogP contribution in [-0.2, 0) is 26.2 Å². The van der Waals surface area contributed by atoms with Crippen LogP contribution < -0.4 is 9.74 Å². The van der Waals surface area contributed by atoms with E-state index in [-0.39, 0.29) is 12.3 Å². The van der Waals surface area contributed by atoms with Crippen molar-refractivity contribution in [3.05, 3.63) is 27.7 Å². The van der Waals surface area contributed by atoms with E-state index >= 15 is 0 Å². The number of halogens is 3. The summed E-state index contributed by atoms with van der Waals surface area (Å²) < 4.78 is 68.9. The van der Waals surface area contributed by atoms with E-state index in [0.29, 0.717) is 0 Å². The summed E-state index contributed by atoms with van der Waals surface area (Å²) in [6.45, 7) is 3.00. The zero-order chi connectivity index (χ0) is 19.6. The van der Waals surface area contributed by atoms with Gasteiger partial charge in [-0.15, -0.1) is 0 Å². The largest absolute Gasteiger partial charge is 0.534 e. The second kappa shape index (κ2) is 7.25. The maximum absolute atomic E-state index is 12.4. The van der Waals surface area contributed by atoms with E-state index in [1.807, 2.05) is 0 Å². The molecule has 25 heavy (non-hydrogen) atoms. The second-order valence-corrected chi connectivity index (χ2v) is 6.30. The van der Waals surface area contributed by atoms with Crippen molar-refractivity contribution < 1.29 is 40.1 Å². The fourth-order valence-corrected chi connectivity index (χ4v) is 2.29. The minimum atomic E-state index is -6.08. The van der Waals surface area contributed by atoms with E-state index < -0.39 is 50.8 Å². The van der Waals surface area contributed by atoms with E-state index in [2.05, 4.69) is 8.92 Å². The summed E-state index contributed by atoms with van der Waals surface area (Å²) in [6, 6.07) is 0.751. The molecule has 0 spiro atoms. The molecule has 140 valence electrons. The fraction of sp³-hybridized carbons (Fsp3) is 0.462. The Balaban J connectivity index is 3.51. The molecule has 0 saturated carbocycles. The lowest BCUT2D eigenvalue weighted by molar-refractivity contribution is -0.143. The maximum Gasteiger partial charge on any atom is 0.534 e. The van der Waals surface area contributed by atoms with Gasteiger partial charge in [0.2, 0.25) is 0 Å². The van der Waals surface area contributed by atoms with Gasteiger partial charge in [-0.1, -0.05) is 0 Å². The lowest BCUT2D eigenvalue weighted by Gasteiger charge is -2.15. The number of hydrogen-bond acceptors (Lipinski definition) is 7. The molecule has 0 aromatic carbocycles. The van der Waals surface area contributed by atoms with Crippen molar-refractivity contribution in [2.75, 3.05) is 6.61 Å². The number of aryl methyl sites for hydroxylation is 1. The number of ketones is 1. The molecule has 0 N–H and O–H groups in total. The van der Waals surface area contributed by atoms with Gasteiger partial charge in [0.05, 0.1) is 6.61 Å². The van der Waals surface area contributed by atoms with Gasteiger partial charge in [0.25, 0.3) is 5.56 Å². The first-order valence-corrected chi connectivity index (χ1v) is 8.14. The number of rotatable bonds is 6. The Labute approximate surface area is 140 Å². The molecule has 1 aromatic heterocycles. The minimum absolute atomic E-state index is 0.0250. The van der Waals surface area contributed by atoms with Crippen LogP contribution in [-0.4, -0.2) is 36.9 Å². The van der Waals surface area contributed by atoms with Gasteiger partial charge in [-0.2, -0.15) is 21.6 Å². The fourth-order valence-electron chi connectivity index (χ4n) is 1.83. The van der Waals surface area contributed by atoms with Crippen LogP contribution in [0, 0.1) is 6.92 Å². The number of pyridine rings is 1. The SMILES string of the molecule is CCOC(=O)Cn1c(C)cc(OS(=O)(=O)C(F)(F)F)c(C(C)=O)c1=O. The first-order valence-electron chi connectivity index (χ1n) is 6.73. The van der Waals surface area contributed by atoms with Crippen LogP contribution in [0.5, 0.6) is 5.75 Å². The van der Waals surface area contributed by atoms with Crippen molar-refractivity contribution in [2.45, 2.75) is 32.8 Å². The Morgan fingerprint density at radius 1 is 1.28 bits per heavy atom. The molecule has 0 radical (unpaired) electrons. The zero-order valence-corrected chi connectivity index (χ0v) is 14.2. The van der Waals surface area contributed by atoms with Crippen molar-refractivity contribution in [1.82, 2.24) is 4.57 Å². The number of hydrogen-bond donors (Lipinski definition) is 0. The molecule has 0 fully saturated rings. The Hall–Kier alpha value is -2.37. The molecule has 0 bridgehead atoms. The van der Waals surface area contributed by atoms with Crippen molar-refractivity contribution in [2.24, 2.45) is 0 Å². The van der Waals surface area contributed by atoms with Gasteiger partial charge in [-0.3, -0.25) is 14.4 Å². The highest BCUT2D eigenvalue weighted by Crippen LogP contribution is 2.28. The first-order chi connectivity index (χ1) is 11.3. The maximum atomic E-state index is 12.4. The Morgan fingerprint density at radius 3 is 2.28 bits per heavy atom. The molecule has 1 rings (SSSR count). The van der Waals surface area contributed by atoms with Crippen LogP contribution in [0.25, 0.3) is 0 Å². The van der Waals surface area contributed by atoms with E-state index in [1.165, 1.54) is 13.8 Å². The number of alkyl halides is 3. The monoisotopic (exact) mass is 385 g/mol. The van der Waals surface area contributed by atoms with E-state index in [4.69, 9.17) is 0 Å². The van der Waals surface area contributed by atoms with Crippen molar-refractivity contribution in [3.63, 3.8) is 0 Å². The minimum Gasteiger partial charge on any atom is -0.465 e. The van der Waals surface area contributed by atoms with Crippen LogP contribution in [0.4, 0.5) is 13.2 Å². The molecule has 0 aliphatic heterocycles. The number of Topliss-reactive ketones (excluding diaryl/α,β-unsaturated/α-hetero) is 1. The van der Waals surface area contributed by atoms with Crippen molar-refractivity contribution >= 4 is 21.9 Å². The zero-order valence-electron chi connectivity index (χ0n) is 13.3. The van der Waals surface area contributed by atoms with Gasteiger partial charge >= 0.3 is 21.6 Å². The summed E-state index contributed by atoms with van der Waals surface area (Å²) in [5, 5.41) is 0. The molecule has 0 aliphatic rings. The topological polar surface area (TPSA) is 109 Å². The summed E-state index contributed by atoms with van der Waals surface area (Å²) in [5.41, 5.74) is -7.94. The molecular weight excluding hydrogens is 371 g/mol.